The molecule has 4 rings (SSSR count). The molecule has 0 radical (unpaired) electrons. The minimum absolute atomic E-state index is 0.0545. The first-order valence-electron chi connectivity index (χ1n) is 10.9. The molecule has 0 bridgehead atoms. The SMILES string of the molecule is CCC(c1ccccc1)[C@@](C)(C(=O)O)c1c(C#N)cnc2c(-c3ccc(C(F)(F)F)cc3)cnn12. The van der Waals surface area contributed by atoms with Crippen LogP contribution in [-0.2, 0) is 16.4 Å². The zero-order chi connectivity index (χ0) is 25.4. The lowest BCUT2D eigenvalue weighted by atomic mass is 9.68. The van der Waals surface area contributed by atoms with E-state index in [9.17, 15) is 28.3 Å². The van der Waals surface area contributed by atoms with Gasteiger partial charge in [-0.3, -0.25) is 4.79 Å². The lowest BCUT2D eigenvalue weighted by Gasteiger charge is -2.34. The van der Waals surface area contributed by atoms with E-state index in [0.29, 0.717) is 17.5 Å². The molecule has 1 unspecified atom stereocenters. The number of carbonyl (C=O) groups is 1. The zero-order valence-corrected chi connectivity index (χ0v) is 18.9. The number of carboxylic acid groups (broad SMARTS) is 1. The molecule has 0 amide bonds. The van der Waals surface area contributed by atoms with Crippen molar-refractivity contribution < 1.29 is 23.1 Å². The molecule has 0 aliphatic carbocycles. The number of aliphatic carboxylic acids is 1. The highest BCUT2D eigenvalue weighted by Crippen LogP contribution is 2.43. The van der Waals surface area contributed by atoms with Gasteiger partial charge in [0.2, 0.25) is 0 Å². The molecule has 2 aromatic heterocycles. The van der Waals surface area contributed by atoms with Crippen LogP contribution >= 0.6 is 0 Å². The first-order chi connectivity index (χ1) is 16.6. The number of hydrogen-bond donors (Lipinski definition) is 1. The van der Waals surface area contributed by atoms with Crippen LogP contribution < -0.4 is 0 Å². The molecule has 0 saturated carbocycles. The van der Waals surface area contributed by atoms with E-state index in [0.717, 1.165) is 17.7 Å². The summed E-state index contributed by atoms with van der Waals surface area (Å²) in [5.74, 6) is -1.64. The first-order valence-corrected chi connectivity index (χ1v) is 10.9. The van der Waals surface area contributed by atoms with Crippen LogP contribution in [0.4, 0.5) is 13.2 Å². The van der Waals surface area contributed by atoms with Gasteiger partial charge in [0.1, 0.15) is 11.5 Å². The number of nitrogens with zero attached hydrogens (tertiary/aromatic N) is 4. The number of aromatic nitrogens is 3. The van der Waals surface area contributed by atoms with E-state index in [2.05, 4.69) is 10.1 Å². The second-order valence-corrected chi connectivity index (χ2v) is 8.38. The van der Waals surface area contributed by atoms with Crippen molar-refractivity contribution in [2.45, 2.75) is 37.8 Å². The van der Waals surface area contributed by atoms with Crippen LogP contribution in [0.15, 0.2) is 67.0 Å². The highest BCUT2D eigenvalue weighted by Gasteiger charge is 2.47. The van der Waals surface area contributed by atoms with Gasteiger partial charge in [-0.15, -0.1) is 0 Å². The van der Waals surface area contributed by atoms with Crippen LogP contribution in [0.3, 0.4) is 0 Å². The summed E-state index contributed by atoms with van der Waals surface area (Å²) in [5.41, 5.74) is -0.243. The van der Waals surface area contributed by atoms with Crippen molar-refractivity contribution in [3.63, 3.8) is 0 Å². The minimum Gasteiger partial charge on any atom is -0.481 e. The predicted octanol–water partition coefficient (Wildman–Crippen LogP) is 5.82. The van der Waals surface area contributed by atoms with E-state index in [1.165, 1.54) is 29.0 Å². The molecule has 4 aromatic rings. The highest BCUT2D eigenvalue weighted by molar-refractivity contribution is 5.84. The number of fused-ring (bicyclic) bond motifs is 1. The molecule has 0 spiro atoms. The molecule has 1 N–H and O–H groups in total. The van der Waals surface area contributed by atoms with Crippen molar-refractivity contribution >= 4 is 11.6 Å². The summed E-state index contributed by atoms with van der Waals surface area (Å²) in [6, 6.07) is 15.8. The summed E-state index contributed by atoms with van der Waals surface area (Å²) in [4.78, 5) is 17.2. The Kier molecular flexibility index (Phi) is 6.07. The first kappa shape index (κ1) is 24.0. The van der Waals surface area contributed by atoms with Crippen LogP contribution in [0.1, 0.15) is 48.6 Å². The number of halogens is 3. The Labute approximate surface area is 199 Å². The van der Waals surface area contributed by atoms with E-state index in [1.807, 2.05) is 43.3 Å². The second kappa shape index (κ2) is 8.87. The van der Waals surface area contributed by atoms with E-state index < -0.39 is 29.0 Å². The summed E-state index contributed by atoms with van der Waals surface area (Å²) >= 11 is 0. The highest BCUT2D eigenvalue weighted by atomic mass is 19.4. The van der Waals surface area contributed by atoms with Crippen molar-refractivity contribution in [2.24, 2.45) is 0 Å². The largest absolute Gasteiger partial charge is 0.481 e. The second-order valence-electron chi connectivity index (χ2n) is 8.38. The quantitative estimate of drug-likeness (QED) is 0.377. The van der Waals surface area contributed by atoms with Crippen LogP contribution in [0.25, 0.3) is 16.8 Å². The Balaban J connectivity index is 1.95. The van der Waals surface area contributed by atoms with Crippen LogP contribution in [-0.4, -0.2) is 25.7 Å². The van der Waals surface area contributed by atoms with Crippen LogP contribution in [0.5, 0.6) is 0 Å². The summed E-state index contributed by atoms with van der Waals surface area (Å²) < 4.78 is 40.3. The third-order valence-corrected chi connectivity index (χ3v) is 6.41. The molecule has 0 aliphatic rings. The number of rotatable bonds is 6. The molecule has 0 saturated heterocycles. The maximum atomic E-state index is 13.0. The van der Waals surface area contributed by atoms with Gasteiger partial charge in [0.05, 0.1) is 23.0 Å². The summed E-state index contributed by atoms with van der Waals surface area (Å²) in [7, 11) is 0. The maximum Gasteiger partial charge on any atom is 0.416 e. The topological polar surface area (TPSA) is 91.3 Å². The molecule has 35 heavy (non-hydrogen) atoms. The summed E-state index contributed by atoms with van der Waals surface area (Å²) in [5, 5.41) is 24.7. The number of hydrogen-bond acceptors (Lipinski definition) is 4. The average Bonchev–Trinajstić information content (AvgIpc) is 3.27. The number of benzene rings is 2. The fraction of sp³-hybridized carbons (Fsp3) is 0.231. The molecule has 0 aliphatic heterocycles. The Bertz CT molecular complexity index is 1420. The lowest BCUT2D eigenvalue weighted by Crippen LogP contribution is -2.41. The molecule has 0 fully saturated rings. The molecule has 9 heteroatoms. The van der Waals surface area contributed by atoms with E-state index in [4.69, 9.17) is 0 Å². The van der Waals surface area contributed by atoms with Crippen molar-refractivity contribution in [3.05, 3.63) is 89.4 Å². The Morgan fingerprint density at radius 3 is 2.31 bits per heavy atom. The fourth-order valence-electron chi connectivity index (χ4n) is 4.63. The van der Waals surface area contributed by atoms with Gasteiger partial charge in [0.25, 0.3) is 0 Å². The number of carboxylic acids is 1. The Morgan fingerprint density at radius 1 is 1.11 bits per heavy atom. The zero-order valence-electron chi connectivity index (χ0n) is 18.9. The molecule has 2 heterocycles. The molecule has 178 valence electrons. The summed E-state index contributed by atoms with van der Waals surface area (Å²) in [6.45, 7) is 3.44. The van der Waals surface area contributed by atoms with Gasteiger partial charge < -0.3 is 5.11 Å². The van der Waals surface area contributed by atoms with Gasteiger partial charge in [0.15, 0.2) is 5.65 Å². The van der Waals surface area contributed by atoms with Crippen molar-refractivity contribution in [1.82, 2.24) is 14.6 Å². The fourth-order valence-corrected chi connectivity index (χ4v) is 4.63. The van der Waals surface area contributed by atoms with E-state index >= 15 is 0 Å². The lowest BCUT2D eigenvalue weighted by molar-refractivity contribution is -0.144. The van der Waals surface area contributed by atoms with Gasteiger partial charge in [-0.2, -0.15) is 23.5 Å². The van der Waals surface area contributed by atoms with Crippen molar-refractivity contribution in [2.75, 3.05) is 0 Å². The van der Waals surface area contributed by atoms with Gasteiger partial charge in [-0.05, 0) is 36.6 Å². The summed E-state index contributed by atoms with van der Waals surface area (Å²) in [6.07, 6.45) is -1.29. The average molecular weight is 478 g/mol. The normalized spacial score (nSPS) is 14.3. The smallest absolute Gasteiger partial charge is 0.416 e. The van der Waals surface area contributed by atoms with E-state index in [-0.39, 0.29) is 16.9 Å². The van der Waals surface area contributed by atoms with Crippen LogP contribution in [0, 0.1) is 11.3 Å². The standard InChI is InChI=1S/C26H21F3N4O2/c1-3-21(17-7-5-4-6-8-17)25(2,24(34)35)22-18(13-30)14-31-23-20(15-32-33(22)23)16-9-11-19(12-10-16)26(27,28)29/h4-12,14-15,21H,3H2,1-2H3,(H,34,35)/t21?,25-/m1/s1. The number of alkyl halides is 3. The van der Waals surface area contributed by atoms with Crippen molar-refractivity contribution in [3.8, 4) is 17.2 Å². The Morgan fingerprint density at radius 2 is 1.77 bits per heavy atom. The third-order valence-electron chi connectivity index (χ3n) is 6.41. The molecule has 2 atom stereocenters. The third kappa shape index (κ3) is 4.01. The monoisotopic (exact) mass is 478 g/mol. The van der Waals surface area contributed by atoms with E-state index in [1.54, 1.807) is 6.92 Å². The maximum absolute atomic E-state index is 13.0. The van der Waals surface area contributed by atoms with Crippen LogP contribution in [0.2, 0.25) is 0 Å². The van der Waals surface area contributed by atoms with Crippen molar-refractivity contribution in [1.29, 1.82) is 5.26 Å². The van der Waals surface area contributed by atoms with Gasteiger partial charge in [0, 0.05) is 17.7 Å². The predicted molar refractivity (Wildman–Crippen MR) is 123 cm³/mol. The number of nitriles is 1. The Hall–Kier alpha value is -4.19. The molecular weight excluding hydrogens is 457 g/mol. The van der Waals surface area contributed by atoms with Gasteiger partial charge >= 0.3 is 12.1 Å². The molecule has 2 aromatic carbocycles. The minimum atomic E-state index is -4.47. The van der Waals surface area contributed by atoms with Gasteiger partial charge in [-0.1, -0.05) is 49.4 Å². The molecular formula is C26H21F3N4O2. The van der Waals surface area contributed by atoms with Gasteiger partial charge in [-0.25, -0.2) is 9.50 Å². The molecule has 6 nitrogen and oxygen atoms in total.